The van der Waals surface area contributed by atoms with Crippen LogP contribution in [-0.4, -0.2) is 53.3 Å². The van der Waals surface area contributed by atoms with Gasteiger partial charge in [-0.25, -0.2) is 0 Å². The first-order chi connectivity index (χ1) is 7.20. The summed E-state index contributed by atoms with van der Waals surface area (Å²) >= 11 is 0. The predicted molar refractivity (Wildman–Crippen MR) is 66.7 cm³/mol. The summed E-state index contributed by atoms with van der Waals surface area (Å²) in [5, 5.41) is 3.65. The van der Waals surface area contributed by atoms with Gasteiger partial charge in [0, 0.05) is 28.9 Å². The summed E-state index contributed by atoms with van der Waals surface area (Å²) < 4.78 is 11.1. The molecule has 0 radical (unpaired) electrons. The van der Waals surface area contributed by atoms with Crippen molar-refractivity contribution in [1.29, 1.82) is 0 Å². The van der Waals surface area contributed by atoms with Crippen LogP contribution in [0.4, 0.5) is 0 Å². The third-order valence-corrected chi connectivity index (χ3v) is 4.32. The molecule has 1 rings (SSSR count). The van der Waals surface area contributed by atoms with Crippen LogP contribution in [0.1, 0.15) is 26.2 Å². The fourth-order valence-corrected chi connectivity index (χ4v) is 2.21. The Hall–Kier alpha value is 0.0700. The van der Waals surface area contributed by atoms with E-state index in [0.29, 0.717) is 0 Å². The number of hydrogen-bond acceptors (Lipinski definition) is 3. The molecule has 0 amide bonds. The van der Waals surface area contributed by atoms with Gasteiger partial charge in [-0.1, -0.05) is 0 Å². The number of hydrogen-bond donors (Lipinski definition) is 1. The number of nitrogens with one attached hydrogen (secondary N) is 1. The van der Waals surface area contributed by atoms with Gasteiger partial charge in [0.25, 0.3) is 0 Å². The molecule has 1 aliphatic heterocycles. The van der Waals surface area contributed by atoms with Crippen LogP contribution in [0.2, 0.25) is 0 Å². The summed E-state index contributed by atoms with van der Waals surface area (Å²) in [5.41, 5.74) is 0. The molecule has 0 aromatic heterocycles. The Balaban J connectivity index is 1.90. The molecule has 1 saturated heterocycles. The van der Waals surface area contributed by atoms with E-state index in [4.69, 9.17) is 0 Å². The normalized spacial score (nSPS) is 21.7. The van der Waals surface area contributed by atoms with Gasteiger partial charge in [-0.2, -0.15) is 0 Å². The van der Waals surface area contributed by atoms with Gasteiger partial charge in [0.15, 0.2) is 0 Å². The van der Waals surface area contributed by atoms with Crippen molar-refractivity contribution in [3.05, 3.63) is 0 Å². The lowest BCUT2D eigenvalue weighted by molar-refractivity contribution is 0.331. The fraction of sp³-hybridized carbons (Fsp3) is 1.00. The average Bonchev–Trinajstić information content (AvgIpc) is 2.69. The highest BCUT2D eigenvalue weighted by Gasteiger charge is 2.10. The second kappa shape index (κ2) is 7.36. The Morgan fingerprint density at radius 2 is 2.07 bits per heavy atom. The summed E-state index contributed by atoms with van der Waals surface area (Å²) in [6.07, 6.45) is 5.73. The molecule has 15 heavy (non-hydrogen) atoms. The van der Waals surface area contributed by atoms with Gasteiger partial charge in [-0.05, 0) is 52.4 Å². The zero-order valence-corrected chi connectivity index (χ0v) is 10.8. The molecule has 1 aliphatic rings. The van der Waals surface area contributed by atoms with Crippen LogP contribution < -0.4 is 5.32 Å². The van der Waals surface area contributed by atoms with Gasteiger partial charge in [0.05, 0.1) is 0 Å². The Labute approximate surface area is 96.1 Å². The minimum Gasteiger partial charge on any atom is -0.315 e. The van der Waals surface area contributed by atoms with Crippen molar-refractivity contribution in [3.8, 4) is 0 Å². The summed E-state index contributed by atoms with van der Waals surface area (Å²) in [6, 6.07) is 0. The standard InChI is InChI=1S/C11H24N2OS/c1-11(15(2)14)10-12-6-5-9-13-7-3-4-8-13/h11-12H,3-10H2,1-2H3. The minimum absolute atomic E-state index is 0.275. The second-order valence-corrected chi connectivity index (χ2v) is 6.22. The average molecular weight is 232 g/mol. The molecule has 4 heteroatoms. The van der Waals surface area contributed by atoms with Crippen molar-refractivity contribution in [3.63, 3.8) is 0 Å². The van der Waals surface area contributed by atoms with E-state index in [2.05, 4.69) is 10.2 Å². The molecular formula is C11H24N2OS. The number of likely N-dealkylation sites (tertiary alicyclic amines) is 1. The summed E-state index contributed by atoms with van der Waals surface area (Å²) in [5.74, 6) is 0. The molecule has 90 valence electrons. The second-order valence-electron chi connectivity index (χ2n) is 4.42. The Morgan fingerprint density at radius 1 is 1.40 bits per heavy atom. The first-order valence-electron chi connectivity index (χ1n) is 5.95. The van der Waals surface area contributed by atoms with E-state index in [-0.39, 0.29) is 5.25 Å². The van der Waals surface area contributed by atoms with Crippen molar-refractivity contribution in [1.82, 2.24) is 10.2 Å². The molecule has 1 fully saturated rings. The molecule has 2 atom stereocenters. The van der Waals surface area contributed by atoms with E-state index < -0.39 is 10.8 Å². The van der Waals surface area contributed by atoms with Gasteiger partial charge in [-0.3, -0.25) is 4.21 Å². The quantitative estimate of drug-likeness (QED) is 0.660. The molecular weight excluding hydrogens is 208 g/mol. The topological polar surface area (TPSA) is 32.3 Å². The molecule has 1 N–H and O–H groups in total. The van der Waals surface area contributed by atoms with E-state index in [1.807, 2.05) is 6.92 Å². The van der Waals surface area contributed by atoms with Gasteiger partial charge in [0.2, 0.25) is 0 Å². The first kappa shape index (κ1) is 13.1. The lowest BCUT2D eigenvalue weighted by Gasteiger charge is -2.15. The monoisotopic (exact) mass is 232 g/mol. The van der Waals surface area contributed by atoms with Crippen molar-refractivity contribution in [2.75, 3.05) is 39.0 Å². The lowest BCUT2D eigenvalue weighted by Crippen LogP contribution is -2.30. The van der Waals surface area contributed by atoms with E-state index >= 15 is 0 Å². The van der Waals surface area contributed by atoms with Crippen LogP contribution in [0.25, 0.3) is 0 Å². The van der Waals surface area contributed by atoms with Gasteiger partial charge in [-0.15, -0.1) is 0 Å². The van der Waals surface area contributed by atoms with E-state index in [1.54, 1.807) is 6.26 Å². The maximum absolute atomic E-state index is 11.1. The van der Waals surface area contributed by atoms with Gasteiger partial charge < -0.3 is 10.2 Å². The maximum Gasteiger partial charge on any atom is 0.0441 e. The van der Waals surface area contributed by atoms with Crippen LogP contribution in [0.5, 0.6) is 0 Å². The zero-order valence-electron chi connectivity index (χ0n) is 10.00. The molecule has 1 heterocycles. The SMILES string of the molecule is CC(CNCCCN1CCCC1)S(C)=O. The largest absolute Gasteiger partial charge is 0.315 e. The molecule has 0 saturated carbocycles. The molecule has 0 bridgehead atoms. The molecule has 2 unspecified atom stereocenters. The highest BCUT2D eigenvalue weighted by molar-refractivity contribution is 7.84. The van der Waals surface area contributed by atoms with Gasteiger partial charge in [0.1, 0.15) is 0 Å². The lowest BCUT2D eigenvalue weighted by atomic mass is 10.3. The van der Waals surface area contributed by atoms with Crippen LogP contribution in [0.15, 0.2) is 0 Å². The van der Waals surface area contributed by atoms with Crippen LogP contribution in [0, 0.1) is 0 Å². The highest BCUT2D eigenvalue weighted by atomic mass is 32.2. The number of nitrogens with zero attached hydrogens (tertiary/aromatic N) is 1. The van der Waals surface area contributed by atoms with E-state index in [0.717, 1.165) is 13.1 Å². The molecule has 0 spiro atoms. The van der Waals surface area contributed by atoms with Gasteiger partial charge >= 0.3 is 0 Å². The minimum atomic E-state index is -0.691. The van der Waals surface area contributed by atoms with Crippen molar-refractivity contribution in [2.45, 2.75) is 31.4 Å². The highest BCUT2D eigenvalue weighted by Crippen LogP contribution is 2.06. The molecule has 3 nitrogen and oxygen atoms in total. The number of rotatable bonds is 7. The predicted octanol–water partition coefficient (Wildman–Crippen LogP) is 0.829. The fourth-order valence-electron chi connectivity index (χ4n) is 1.86. The van der Waals surface area contributed by atoms with Crippen LogP contribution in [-0.2, 0) is 10.8 Å². The smallest absolute Gasteiger partial charge is 0.0441 e. The van der Waals surface area contributed by atoms with Crippen molar-refractivity contribution < 1.29 is 4.21 Å². The first-order valence-corrected chi connectivity index (χ1v) is 7.57. The van der Waals surface area contributed by atoms with Crippen molar-refractivity contribution >= 4 is 10.8 Å². The van der Waals surface area contributed by atoms with Crippen LogP contribution in [0.3, 0.4) is 0 Å². The maximum atomic E-state index is 11.1. The molecule has 0 aliphatic carbocycles. The Morgan fingerprint density at radius 3 is 2.67 bits per heavy atom. The third kappa shape index (κ3) is 5.64. The summed E-state index contributed by atoms with van der Waals surface area (Å²) in [6.45, 7) is 7.76. The summed E-state index contributed by atoms with van der Waals surface area (Å²) in [4.78, 5) is 2.53. The summed E-state index contributed by atoms with van der Waals surface area (Å²) in [7, 11) is -0.691. The molecule has 0 aromatic carbocycles. The van der Waals surface area contributed by atoms with E-state index in [1.165, 1.54) is 38.9 Å². The Bertz CT molecular complexity index is 193. The Kier molecular flexibility index (Phi) is 6.45. The zero-order chi connectivity index (χ0) is 11.1. The molecule has 0 aromatic rings. The van der Waals surface area contributed by atoms with Crippen LogP contribution >= 0.6 is 0 Å². The van der Waals surface area contributed by atoms with Crippen molar-refractivity contribution in [2.24, 2.45) is 0 Å². The third-order valence-electron chi connectivity index (χ3n) is 3.03. The van der Waals surface area contributed by atoms with E-state index in [9.17, 15) is 4.21 Å².